The van der Waals surface area contributed by atoms with E-state index in [1.54, 1.807) is 48.8 Å². The molecule has 6 nitrogen and oxygen atoms in total. The van der Waals surface area contributed by atoms with E-state index in [1.165, 1.54) is 7.11 Å². The fourth-order valence-corrected chi connectivity index (χ4v) is 3.18. The number of nitrogens with one attached hydrogen (secondary N) is 1. The van der Waals surface area contributed by atoms with Crippen molar-refractivity contribution in [1.29, 1.82) is 0 Å². The first kappa shape index (κ1) is 21.6. The van der Waals surface area contributed by atoms with Gasteiger partial charge in [0.2, 0.25) is 0 Å². The maximum Gasteiger partial charge on any atom is 0.390 e. The van der Waals surface area contributed by atoms with Gasteiger partial charge >= 0.3 is 12.1 Å². The van der Waals surface area contributed by atoms with E-state index in [9.17, 15) is 23.1 Å². The highest BCUT2D eigenvalue weighted by Gasteiger charge is 2.26. The average molecular weight is 421 g/mol. The molecule has 0 spiro atoms. The number of ether oxygens (including phenoxy) is 1. The van der Waals surface area contributed by atoms with Gasteiger partial charge in [0.05, 0.1) is 42.8 Å². The van der Waals surface area contributed by atoms with E-state index in [0.717, 1.165) is 5.56 Å². The Labute approximate surface area is 171 Å². The van der Waals surface area contributed by atoms with E-state index in [2.05, 4.69) is 10.3 Å². The van der Waals surface area contributed by atoms with Gasteiger partial charge in [-0.3, -0.25) is 4.40 Å². The van der Waals surface area contributed by atoms with Gasteiger partial charge in [-0.05, 0) is 43.2 Å². The summed E-state index contributed by atoms with van der Waals surface area (Å²) in [7, 11) is 1.31. The van der Waals surface area contributed by atoms with Crippen molar-refractivity contribution in [3.63, 3.8) is 0 Å². The van der Waals surface area contributed by atoms with Crippen LogP contribution < -0.4 is 5.32 Å². The van der Waals surface area contributed by atoms with Gasteiger partial charge < -0.3 is 15.2 Å². The van der Waals surface area contributed by atoms with Crippen LogP contribution in [-0.4, -0.2) is 40.3 Å². The molecule has 0 radical (unpaired) electrons. The van der Waals surface area contributed by atoms with Crippen molar-refractivity contribution in [2.45, 2.75) is 32.5 Å². The molecule has 0 fully saturated rings. The summed E-state index contributed by atoms with van der Waals surface area (Å²) in [5.41, 5.74) is 3.94. The largest absolute Gasteiger partial charge is 0.465 e. The van der Waals surface area contributed by atoms with E-state index in [0.29, 0.717) is 33.7 Å². The summed E-state index contributed by atoms with van der Waals surface area (Å²) in [5, 5.41) is 12.8. The van der Waals surface area contributed by atoms with Crippen LogP contribution in [0.25, 0.3) is 16.9 Å². The lowest BCUT2D eigenvalue weighted by Crippen LogP contribution is -2.15. The number of aromatic nitrogens is 2. The summed E-state index contributed by atoms with van der Waals surface area (Å²) in [4.78, 5) is 16.2. The average Bonchev–Trinajstić information content (AvgIpc) is 3.10. The molecule has 0 bridgehead atoms. The number of esters is 1. The molecule has 1 aromatic carbocycles. The number of aryl methyl sites for hydroxylation is 1. The number of aliphatic hydroxyl groups excluding tert-OH is 1. The second kappa shape index (κ2) is 8.35. The van der Waals surface area contributed by atoms with Gasteiger partial charge in [-0.15, -0.1) is 0 Å². The van der Waals surface area contributed by atoms with Crippen LogP contribution in [0, 0.1) is 6.92 Å². The first-order chi connectivity index (χ1) is 14.1. The zero-order chi connectivity index (χ0) is 22.1. The van der Waals surface area contributed by atoms with Gasteiger partial charge in [0.25, 0.3) is 0 Å². The smallest absolute Gasteiger partial charge is 0.390 e. The number of methoxy groups -OCH3 is 1. The summed E-state index contributed by atoms with van der Waals surface area (Å²) < 4.78 is 44.1. The molecule has 3 rings (SSSR count). The SMILES string of the molecule is COC(=O)c1ccc(-c2cnc3c(NCCC(F)(F)F)cc(C(C)O)cn23)cc1C. The number of anilines is 1. The number of benzene rings is 1. The Morgan fingerprint density at radius 3 is 2.67 bits per heavy atom. The number of pyridine rings is 1. The molecule has 0 aliphatic heterocycles. The lowest BCUT2D eigenvalue weighted by Gasteiger charge is -2.14. The van der Waals surface area contributed by atoms with Crippen LogP contribution in [0.15, 0.2) is 36.7 Å². The third kappa shape index (κ3) is 4.56. The van der Waals surface area contributed by atoms with Gasteiger partial charge in [0, 0.05) is 18.3 Å². The second-order valence-electron chi connectivity index (χ2n) is 7.01. The molecular formula is C21H22F3N3O3. The number of carbonyl (C=O) groups excluding carboxylic acids is 1. The van der Waals surface area contributed by atoms with Gasteiger partial charge in [0.15, 0.2) is 5.65 Å². The Morgan fingerprint density at radius 1 is 1.33 bits per heavy atom. The van der Waals surface area contributed by atoms with Crippen molar-refractivity contribution in [1.82, 2.24) is 9.38 Å². The highest BCUT2D eigenvalue weighted by Crippen LogP contribution is 2.30. The third-order valence-electron chi connectivity index (χ3n) is 4.76. The highest BCUT2D eigenvalue weighted by molar-refractivity contribution is 5.91. The summed E-state index contributed by atoms with van der Waals surface area (Å²) >= 11 is 0. The van der Waals surface area contributed by atoms with Crippen molar-refractivity contribution >= 4 is 17.3 Å². The number of fused-ring (bicyclic) bond motifs is 1. The molecule has 160 valence electrons. The van der Waals surface area contributed by atoms with Crippen molar-refractivity contribution in [2.75, 3.05) is 19.0 Å². The molecule has 0 saturated carbocycles. The topological polar surface area (TPSA) is 75.9 Å². The second-order valence-corrected chi connectivity index (χ2v) is 7.01. The molecule has 2 N–H and O–H groups in total. The molecular weight excluding hydrogens is 399 g/mol. The van der Waals surface area contributed by atoms with Gasteiger partial charge in [-0.2, -0.15) is 13.2 Å². The van der Waals surface area contributed by atoms with E-state index in [4.69, 9.17) is 4.74 Å². The van der Waals surface area contributed by atoms with Crippen LogP contribution >= 0.6 is 0 Å². The number of nitrogens with zero attached hydrogens (tertiary/aromatic N) is 2. The van der Waals surface area contributed by atoms with Crippen LogP contribution in [0.2, 0.25) is 0 Å². The van der Waals surface area contributed by atoms with E-state index < -0.39 is 24.7 Å². The number of hydrogen-bond donors (Lipinski definition) is 2. The number of rotatable bonds is 6. The Bertz CT molecular complexity index is 1070. The van der Waals surface area contributed by atoms with Crippen molar-refractivity contribution < 1.29 is 27.8 Å². The molecule has 0 aliphatic rings. The zero-order valence-electron chi connectivity index (χ0n) is 16.7. The summed E-state index contributed by atoms with van der Waals surface area (Å²) in [6.45, 7) is 3.05. The van der Waals surface area contributed by atoms with Crippen LogP contribution in [0.4, 0.5) is 18.9 Å². The van der Waals surface area contributed by atoms with E-state index in [1.807, 2.05) is 6.07 Å². The first-order valence-electron chi connectivity index (χ1n) is 9.29. The van der Waals surface area contributed by atoms with E-state index >= 15 is 0 Å². The molecule has 3 aromatic rings. The number of halogens is 3. The van der Waals surface area contributed by atoms with E-state index in [-0.39, 0.29) is 6.54 Å². The van der Waals surface area contributed by atoms with Crippen LogP contribution in [-0.2, 0) is 4.74 Å². The van der Waals surface area contributed by atoms with Crippen molar-refractivity contribution in [3.8, 4) is 11.3 Å². The minimum Gasteiger partial charge on any atom is -0.465 e. The first-order valence-corrected chi connectivity index (χ1v) is 9.29. The fraction of sp³-hybridized carbons (Fsp3) is 0.333. The maximum atomic E-state index is 12.5. The third-order valence-corrected chi connectivity index (χ3v) is 4.76. The molecule has 9 heteroatoms. The molecule has 30 heavy (non-hydrogen) atoms. The maximum absolute atomic E-state index is 12.5. The molecule has 1 unspecified atom stereocenters. The minimum absolute atomic E-state index is 0.308. The normalized spacial score (nSPS) is 12.8. The van der Waals surface area contributed by atoms with Gasteiger partial charge in [-0.25, -0.2) is 9.78 Å². The molecule has 1 atom stereocenters. The molecule has 2 heterocycles. The van der Waals surface area contributed by atoms with Gasteiger partial charge in [0.1, 0.15) is 0 Å². The molecule has 2 aromatic heterocycles. The Morgan fingerprint density at radius 2 is 2.07 bits per heavy atom. The lowest BCUT2D eigenvalue weighted by atomic mass is 10.0. The highest BCUT2D eigenvalue weighted by atomic mass is 19.4. The summed E-state index contributed by atoms with van der Waals surface area (Å²) in [6.07, 6.45) is -2.79. The summed E-state index contributed by atoms with van der Waals surface area (Å²) in [6, 6.07) is 6.80. The van der Waals surface area contributed by atoms with Crippen LogP contribution in [0.3, 0.4) is 0 Å². The van der Waals surface area contributed by atoms with Crippen molar-refractivity contribution in [3.05, 3.63) is 53.3 Å². The molecule has 0 aliphatic carbocycles. The van der Waals surface area contributed by atoms with Crippen LogP contribution in [0.5, 0.6) is 0 Å². The van der Waals surface area contributed by atoms with Gasteiger partial charge in [-0.1, -0.05) is 6.07 Å². The Balaban J connectivity index is 2.05. The predicted molar refractivity (Wildman–Crippen MR) is 107 cm³/mol. The number of hydrogen-bond acceptors (Lipinski definition) is 5. The zero-order valence-corrected chi connectivity index (χ0v) is 16.7. The standard InChI is InChI=1S/C21H22F3N3O3/c1-12-8-14(4-5-16(12)20(29)30-3)18-10-26-19-17(25-7-6-21(22,23)24)9-15(13(2)28)11-27(18)19/h4-5,8-11,13,25,28H,6-7H2,1-3H3. The Kier molecular flexibility index (Phi) is 6.02. The quantitative estimate of drug-likeness (QED) is 0.573. The number of carbonyl (C=O) groups is 1. The number of aliphatic hydroxyl groups is 1. The van der Waals surface area contributed by atoms with Crippen molar-refractivity contribution in [2.24, 2.45) is 0 Å². The monoisotopic (exact) mass is 421 g/mol. The molecule has 0 saturated heterocycles. The predicted octanol–water partition coefficient (Wildman–Crippen LogP) is 4.51. The minimum atomic E-state index is -4.27. The number of alkyl halides is 3. The Hall–Kier alpha value is -3.07. The molecule has 0 amide bonds. The van der Waals surface area contributed by atoms with Crippen LogP contribution in [0.1, 0.15) is 40.9 Å². The fourth-order valence-electron chi connectivity index (χ4n) is 3.18. The lowest BCUT2D eigenvalue weighted by molar-refractivity contribution is -0.131. The number of imidazole rings is 1. The summed E-state index contributed by atoms with van der Waals surface area (Å²) in [5.74, 6) is -0.440.